The average Bonchev–Trinajstić information content (AvgIpc) is 2.36. The fraction of sp³-hybridized carbons (Fsp3) is 0.615. The van der Waals surface area contributed by atoms with Gasteiger partial charge in [-0.3, -0.25) is 4.79 Å². The number of hydrogen-bond donors (Lipinski definition) is 1. The number of amides is 1. The van der Waals surface area contributed by atoms with Gasteiger partial charge in [0, 0.05) is 20.1 Å². The van der Waals surface area contributed by atoms with Gasteiger partial charge in [-0.25, -0.2) is 0 Å². The summed E-state index contributed by atoms with van der Waals surface area (Å²) >= 11 is 0. The van der Waals surface area contributed by atoms with Crippen molar-refractivity contribution in [3.63, 3.8) is 0 Å². The second-order valence-electron chi connectivity index (χ2n) is 4.74. The first kappa shape index (κ1) is 14.4. The zero-order valence-corrected chi connectivity index (χ0v) is 11.6. The van der Waals surface area contributed by atoms with Gasteiger partial charge in [0.1, 0.15) is 5.82 Å². The first-order chi connectivity index (χ1) is 8.54. The van der Waals surface area contributed by atoms with Crippen molar-refractivity contribution in [1.82, 2.24) is 15.1 Å². The third-order valence-corrected chi connectivity index (χ3v) is 2.63. The molecule has 0 aliphatic rings. The Hall–Kier alpha value is -1.65. The summed E-state index contributed by atoms with van der Waals surface area (Å²) in [7, 11) is 1.80. The number of aromatic nitrogens is 2. The molecule has 1 aromatic rings. The van der Waals surface area contributed by atoms with E-state index in [0.717, 1.165) is 19.5 Å². The Balaban J connectivity index is 2.60. The number of hydrogen-bond acceptors (Lipinski definition) is 4. The van der Waals surface area contributed by atoms with Crippen LogP contribution in [0.25, 0.3) is 0 Å². The van der Waals surface area contributed by atoms with Gasteiger partial charge in [0.25, 0.3) is 5.91 Å². The lowest BCUT2D eigenvalue weighted by Gasteiger charge is -2.17. The molecule has 1 heterocycles. The fourth-order valence-corrected chi connectivity index (χ4v) is 1.47. The molecule has 0 unspecified atom stereocenters. The van der Waals surface area contributed by atoms with Gasteiger partial charge in [0.15, 0.2) is 5.69 Å². The third kappa shape index (κ3) is 4.31. The second-order valence-corrected chi connectivity index (χ2v) is 4.74. The van der Waals surface area contributed by atoms with Gasteiger partial charge in [-0.1, -0.05) is 13.8 Å². The molecule has 1 N–H and O–H groups in total. The van der Waals surface area contributed by atoms with Crippen molar-refractivity contribution in [1.29, 1.82) is 0 Å². The van der Waals surface area contributed by atoms with Gasteiger partial charge in [-0.2, -0.15) is 0 Å². The molecule has 1 amide bonds. The number of nitrogens with one attached hydrogen (secondary N) is 1. The van der Waals surface area contributed by atoms with Gasteiger partial charge in [-0.15, -0.1) is 10.2 Å². The Bertz CT molecular complexity index is 375. The number of anilines is 1. The quantitative estimate of drug-likeness (QED) is 0.839. The molecule has 0 fully saturated rings. The molecule has 0 spiro atoms. The van der Waals surface area contributed by atoms with Crippen molar-refractivity contribution < 1.29 is 4.79 Å². The first-order valence-electron chi connectivity index (χ1n) is 6.37. The van der Waals surface area contributed by atoms with Crippen LogP contribution in [0.2, 0.25) is 0 Å². The first-order valence-corrected chi connectivity index (χ1v) is 6.37. The highest BCUT2D eigenvalue weighted by atomic mass is 16.2. The van der Waals surface area contributed by atoms with Gasteiger partial charge in [-0.05, 0) is 31.4 Å². The summed E-state index contributed by atoms with van der Waals surface area (Å²) in [6.45, 7) is 7.80. The predicted octanol–water partition coefficient (Wildman–Crippen LogP) is 2.03. The lowest BCUT2D eigenvalue weighted by molar-refractivity contribution is 0.0782. The van der Waals surface area contributed by atoms with Gasteiger partial charge in [0.2, 0.25) is 0 Å². The van der Waals surface area contributed by atoms with E-state index in [0.29, 0.717) is 17.4 Å². The molecule has 1 aromatic heterocycles. The van der Waals surface area contributed by atoms with Crippen molar-refractivity contribution in [2.45, 2.75) is 27.2 Å². The van der Waals surface area contributed by atoms with Crippen LogP contribution in [0.4, 0.5) is 5.82 Å². The molecule has 5 nitrogen and oxygen atoms in total. The zero-order chi connectivity index (χ0) is 13.5. The van der Waals surface area contributed by atoms with E-state index in [1.54, 1.807) is 24.1 Å². The SMILES string of the molecule is CCNc1ccc(C(=O)N(C)CCC(C)C)nn1. The largest absolute Gasteiger partial charge is 0.369 e. The van der Waals surface area contributed by atoms with Crippen LogP contribution < -0.4 is 5.32 Å². The molecule has 0 aromatic carbocycles. The van der Waals surface area contributed by atoms with Gasteiger partial charge in [0.05, 0.1) is 0 Å². The summed E-state index contributed by atoms with van der Waals surface area (Å²) in [5.41, 5.74) is 0.392. The summed E-state index contributed by atoms with van der Waals surface area (Å²) in [5.74, 6) is 1.20. The highest BCUT2D eigenvalue weighted by Gasteiger charge is 2.13. The normalized spacial score (nSPS) is 10.5. The standard InChI is InChI=1S/C13H22N4O/c1-5-14-12-7-6-11(15-16-12)13(18)17(4)9-8-10(2)3/h6-7,10H,5,8-9H2,1-4H3,(H,14,16). The van der Waals surface area contributed by atoms with Crippen LogP contribution in [-0.2, 0) is 0 Å². The average molecular weight is 250 g/mol. The summed E-state index contributed by atoms with van der Waals surface area (Å²) in [6.07, 6.45) is 0.991. The molecule has 1 rings (SSSR count). The number of nitrogens with zero attached hydrogens (tertiary/aromatic N) is 3. The molecular weight excluding hydrogens is 228 g/mol. The molecule has 18 heavy (non-hydrogen) atoms. The summed E-state index contributed by atoms with van der Waals surface area (Å²) in [5, 5.41) is 10.9. The van der Waals surface area contributed by atoms with Gasteiger partial charge >= 0.3 is 0 Å². The van der Waals surface area contributed by atoms with E-state index in [4.69, 9.17) is 0 Å². The number of rotatable bonds is 6. The van der Waals surface area contributed by atoms with E-state index >= 15 is 0 Å². The zero-order valence-electron chi connectivity index (χ0n) is 11.6. The van der Waals surface area contributed by atoms with Crippen LogP contribution >= 0.6 is 0 Å². The van der Waals surface area contributed by atoms with E-state index in [1.165, 1.54) is 0 Å². The lowest BCUT2D eigenvalue weighted by Crippen LogP contribution is -2.29. The summed E-state index contributed by atoms with van der Waals surface area (Å²) in [6, 6.07) is 3.49. The maximum absolute atomic E-state index is 12.0. The van der Waals surface area contributed by atoms with Crippen LogP contribution in [0.15, 0.2) is 12.1 Å². The van der Waals surface area contributed by atoms with Crippen LogP contribution in [0.5, 0.6) is 0 Å². The second kappa shape index (κ2) is 6.93. The van der Waals surface area contributed by atoms with E-state index in [9.17, 15) is 4.79 Å². The molecular formula is C13H22N4O. The molecule has 0 aliphatic carbocycles. The Morgan fingerprint density at radius 3 is 2.61 bits per heavy atom. The highest BCUT2D eigenvalue weighted by molar-refractivity contribution is 5.92. The molecule has 0 aliphatic heterocycles. The van der Waals surface area contributed by atoms with E-state index in [-0.39, 0.29) is 5.91 Å². The van der Waals surface area contributed by atoms with E-state index in [2.05, 4.69) is 29.4 Å². The lowest BCUT2D eigenvalue weighted by atomic mass is 10.1. The van der Waals surface area contributed by atoms with Gasteiger partial charge < -0.3 is 10.2 Å². The summed E-state index contributed by atoms with van der Waals surface area (Å²) < 4.78 is 0. The van der Waals surface area contributed by atoms with Crippen molar-refractivity contribution in [2.75, 3.05) is 25.5 Å². The fourth-order valence-electron chi connectivity index (χ4n) is 1.47. The third-order valence-electron chi connectivity index (χ3n) is 2.63. The minimum Gasteiger partial charge on any atom is -0.369 e. The minimum atomic E-state index is -0.0776. The highest BCUT2D eigenvalue weighted by Crippen LogP contribution is 2.06. The Morgan fingerprint density at radius 1 is 1.39 bits per heavy atom. The molecule has 0 saturated heterocycles. The van der Waals surface area contributed by atoms with Crippen LogP contribution in [0.1, 0.15) is 37.7 Å². The number of carbonyl (C=O) groups excluding carboxylic acids is 1. The van der Waals surface area contributed by atoms with Crippen molar-refractivity contribution in [3.8, 4) is 0 Å². The molecule has 0 saturated carbocycles. The van der Waals surface area contributed by atoms with Crippen molar-refractivity contribution in [2.24, 2.45) is 5.92 Å². The Kier molecular flexibility index (Phi) is 5.55. The van der Waals surface area contributed by atoms with E-state index in [1.807, 2.05) is 6.92 Å². The minimum absolute atomic E-state index is 0.0776. The summed E-state index contributed by atoms with van der Waals surface area (Å²) in [4.78, 5) is 13.7. The maximum atomic E-state index is 12.0. The molecule has 0 atom stereocenters. The molecule has 0 bridgehead atoms. The molecule has 5 heteroatoms. The molecule has 0 radical (unpaired) electrons. The smallest absolute Gasteiger partial charge is 0.274 e. The van der Waals surface area contributed by atoms with Crippen molar-refractivity contribution in [3.05, 3.63) is 17.8 Å². The topological polar surface area (TPSA) is 58.1 Å². The Labute approximate surface area is 109 Å². The predicted molar refractivity (Wildman–Crippen MR) is 72.6 cm³/mol. The molecule has 100 valence electrons. The van der Waals surface area contributed by atoms with Crippen molar-refractivity contribution >= 4 is 11.7 Å². The maximum Gasteiger partial charge on any atom is 0.274 e. The van der Waals surface area contributed by atoms with E-state index < -0.39 is 0 Å². The Morgan fingerprint density at radius 2 is 2.11 bits per heavy atom. The number of carbonyl (C=O) groups is 1. The van der Waals surface area contributed by atoms with Crippen LogP contribution in [0, 0.1) is 5.92 Å². The van der Waals surface area contributed by atoms with Crippen LogP contribution in [0.3, 0.4) is 0 Å². The van der Waals surface area contributed by atoms with Crippen LogP contribution in [-0.4, -0.2) is 41.1 Å². The monoisotopic (exact) mass is 250 g/mol.